The van der Waals surface area contributed by atoms with E-state index in [-0.39, 0.29) is 13.2 Å². The molecule has 0 radical (unpaired) electrons. The van der Waals surface area contributed by atoms with Crippen molar-refractivity contribution in [1.29, 1.82) is 0 Å². The number of carboxylic acid groups (broad SMARTS) is 1. The number of hydrogen-bond acceptors (Lipinski definition) is 3. The van der Waals surface area contributed by atoms with E-state index in [4.69, 9.17) is 10.2 Å². The Bertz CT molecular complexity index is 272. The maximum Gasteiger partial charge on any atom is 0.317 e. The van der Waals surface area contributed by atoms with Crippen LogP contribution in [-0.4, -0.2) is 47.3 Å². The molecule has 0 aliphatic carbocycles. The number of hydrogen-bond donors (Lipinski definition) is 2. The first-order valence-electron chi connectivity index (χ1n) is 10.3. The van der Waals surface area contributed by atoms with Crippen LogP contribution in [0, 0.1) is 0 Å². The Morgan fingerprint density at radius 1 is 0.708 bits per heavy atom. The van der Waals surface area contributed by atoms with Crippen LogP contribution in [0.1, 0.15) is 96.8 Å². The minimum absolute atomic E-state index is 0.0336. The lowest BCUT2D eigenvalue weighted by Gasteiger charge is -2.18. The lowest BCUT2D eigenvalue weighted by atomic mass is 10.0. The van der Waals surface area contributed by atoms with Gasteiger partial charge in [-0.3, -0.25) is 9.69 Å². The topological polar surface area (TPSA) is 60.8 Å². The summed E-state index contributed by atoms with van der Waals surface area (Å²) in [5, 5.41) is 17.7. The molecule has 0 unspecified atom stereocenters. The Morgan fingerprint density at radius 2 is 1.12 bits per heavy atom. The molecule has 0 rings (SSSR count). The van der Waals surface area contributed by atoms with Gasteiger partial charge in [-0.15, -0.1) is 0 Å². The summed E-state index contributed by atoms with van der Waals surface area (Å²) in [7, 11) is 0. The van der Waals surface area contributed by atoms with Gasteiger partial charge < -0.3 is 10.2 Å². The van der Waals surface area contributed by atoms with Crippen LogP contribution in [0.5, 0.6) is 0 Å². The first-order valence-corrected chi connectivity index (χ1v) is 10.3. The summed E-state index contributed by atoms with van der Waals surface area (Å²) in [5.41, 5.74) is 0. The smallest absolute Gasteiger partial charge is 0.317 e. The highest BCUT2D eigenvalue weighted by Gasteiger charge is 2.08. The van der Waals surface area contributed by atoms with Gasteiger partial charge in [-0.05, 0) is 13.0 Å². The van der Waals surface area contributed by atoms with Gasteiger partial charge in [0.15, 0.2) is 0 Å². The third kappa shape index (κ3) is 17.7. The van der Waals surface area contributed by atoms with Crippen molar-refractivity contribution in [2.24, 2.45) is 0 Å². The number of aliphatic hydroxyl groups excluding tert-OH is 1. The average molecular weight is 344 g/mol. The highest BCUT2D eigenvalue weighted by Crippen LogP contribution is 2.13. The first-order chi connectivity index (χ1) is 11.7. The molecule has 0 aromatic rings. The lowest BCUT2D eigenvalue weighted by molar-refractivity contribution is -0.138. The standard InChI is InChI=1S/C20H41NO3/c1-2-3-4-5-6-7-8-9-10-11-12-13-14-15-16-21(17-18-22)19-20(23)24/h22H,2-19H2,1H3,(H,23,24). The Labute approximate surface area is 149 Å². The van der Waals surface area contributed by atoms with Crippen LogP contribution >= 0.6 is 0 Å². The number of carbonyl (C=O) groups is 1. The van der Waals surface area contributed by atoms with Gasteiger partial charge in [-0.1, -0.05) is 90.4 Å². The molecule has 0 saturated heterocycles. The van der Waals surface area contributed by atoms with Crippen molar-refractivity contribution >= 4 is 5.97 Å². The molecule has 0 bridgehead atoms. The van der Waals surface area contributed by atoms with Crippen molar-refractivity contribution in [2.45, 2.75) is 96.8 Å². The minimum atomic E-state index is -0.811. The normalized spacial score (nSPS) is 11.3. The number of aliphatic carboxylic acids is 1. The van der Waals surface area contributed by atoms with E-state index in [2.05, 4.69) is 6.92 Å². The van der Waals surface area contributed by atoms with E-state index in [1.165, 1.54) is 83.5 Å². The predicted molar refractivity (Wildman–Crippen MR) is 101 cm³/mol. The van der Waals surface area contributed by atoms with Crippen molar-refractivity contribution < 1.29 is 15.0 Å². The number of aliphatic hydroxyl groups is 1. The average Bonchev–Trinajstić information content (AvgIpc) is 2.54. The molecule has 4 nitrogen and oxygen atoms in total. The van der Waals surface area contributed by atoms with Gasteiger partial charge in [0.25, 0.3) is 0 Å². The Hall–Kier alpha value is -0.610. The molecule has 0 fully saturated rings. The summed E-state index contributed by atoms with van der Waals surface area (Å²) in [4.78, 5) is 12.5. The molecule has 0 atom stereocenters. The molecule has 0 amide bonds. The molecule has 0 aliphatic heterocycles. The molecule has 0 spiro atoms. The Kier molecular flexibility index (Phi) is 18.2. The minimum Gasteiger partial charge on any atom is -0.480 e. The molecule has 4 heteroatoms. The van der Waals surface area contributed by atoms with Crippen LogP contribution in [0.15, 0.2) is 0 Å². The molecule has 24 heavy (non-hydrogen) atoms. The van der Waals surface area contributed by atoms with Gasteiger partial charge >= 0.3 is 5.97 Å². The van der Waals surface area contributed by atoms with Crippen LogP contribution in [0.2, 0.25) is 0 Å². The summed E-state index contributed by atoms with van der Waals surface area (Å²) in [6.07, 6.45) is 18.6. The van der Waals surface area contributed by atoms with E-state index in [1.807, 2.05) is 4.90 Å². The van der Waals surface area contributed by atoms with Crippen molar-refractivity contribution in [3.63, 3.8) is 0 Å². The number of unbranched alkanes of at least 4 members (excludes halogenated alkanes) is 13. The van der Waals surface area contributed by atoms with Gasteiger partial charge in [0, 0.05) is 6.54 Å². The number of nitrogens with zero attached hydrogens (tertiary/aromatic N) is 1. The van der Waals surface area contributed by atoms with Gasteiger partial charge in [0.05, 0.1) is 13.2 Å². The fraction of sp³-hybridized carbons (Fsp3) is 0.950. The maximum atomic E-state index is 10.7. The second kappa shape index (κ2) is 18.7. The zero-order valence-corrected chi connectivity index (χ0v) is 16.0. The molecule has 0 aromatic heterocycles. The Morgan fingerprint density at radius 3 is 1.50 bits per heavy atom. The van der Waals surface area contributed by atoms with Crippen LogP contribution in [0.25, 0.3) is 0 Å². The number of carboxylic acids is 1. The quantitative estimate of drug-likeness (QED) is 0.329. The van der Waals surface area contributed by atoms with Crippen molar-refractivity contribution in [3.8, 4) is 0 Å². The predicted octanol–water partition coefficient (Wildman–Crippen LogP) is 4.85. The largest absolute Gasteiger partial charge is 0.480 e. The van der Waals surface area contributed by atoms with E-state index in [9.17, 15) is 4.79 Å². The maximum absolute atomic E-state index is 10.7. The van der Waals surface area contributed by atoms with Crippen molar-refractivity contribution in [2.75, 3.05) is 26.2 Å². The number of rotatable bonds is 19. The van der Waals surface area contributed by atoms with Gasteiger partial charge in [0.1, 0.15) is 0 Å². The zero-order chi connectivity index (χ0) is 17.9. The van der Waals surface area contributed by atoms with Crippen molar-refractivity contribution in [1.82, 2.24) is 4.90 Å². The summed E-state index contributed by atoms with van der Waals surface area (Å²) in [5.74, 6) is -0.811. The van der Waals surface area contributed by atoms with E-state index in [0.717, 1.165) is 13.0 Å². The fourth-order valence-electron chi connectivity index (χ4n) is 3.13. The van der Waals surface area contributed by atoms with Gasteiger partial charge in [0.2, 0.25) is 0 Å². The third-order valence-corrected chi connectivity index (χ3v) is 4.60. The fourth-order valence-corrected chi connectivity index (χ4v) is 3.13. The van der Waals surface area contributed by atoms with Crippen LogP contribution in [0.4, 0.5) is 0 Å². The monoisotopic (exact) mass is 343 g/mol. The van der Waals surface area contributed by atoms with Gasteiger partial charge in [-0.2, -0.15) is 0 Å². The first kappa shape index (κ1) is 23.4. The van der Waals surface area contributed by atoms with Crippen molar-refractivity contribution in [3.05, 3.63) is 0 Å². The zero-order valence-electron chi connectivity index (χ0n) is 16.0. The molecular weight excluding hydrogens is 302 g/mol. The summed E-state index contributed by atoms with van der Waals surface area (Å²) >= 11 is 0. The second-order valence-electron chi connectivity index (χ2n) is 6.99. The lowest BCUT2D eigenvalue weighted by Crippen LogP contribution is -2.33. The van der Waals surface area contributed by atoms with Crippen LogP contribution < -0.4 is 0 Å². The summed E-state index contributed by atoms with van der Waals surface area (Å²) in [6.45, 7) is 3.59. The Balaban J connectivity index is 3.25. The highest BCUT2D eigenvalue weighted by atomic mass is 16.4. The third-order valence-electron chi connectivity index (χ3n) is 4.60. The molecule has 0 heterocycles. The molecule has 0 aromatic carbocycles. The molecule has 0 saturated carbocycles. The van der Waals surface area contributed by atoms with Crippen LogP contribution in [-0.2, 0) is 4.79 Å². The molecule has 144 valence electrons. The molecular formula is C20H41NO3. The van der Waals surface area contributed by atoms with Crippen LogP contribution in [0.3, 0.4) is 0 Å². The summed E-state index contributed by atoms with van der Waals surface area (Å²) < 4.78 is 0. The molecule has 2 N–H and O–H groups in total. The van der Waals surface area contributed by atoms with Gasteiger partial charge in [-0.25, -0.2) is 0 Å². The SMILES string of the molecule is CCCCCCCCCCCCCCCCN(CCO)CC(=O)O. The second-order valence-corrected chi connectivity index (χ2v) is 6.99. The van der Waals surface area contributed by atoms with E-state index in [0.29, 0.717) is 6.54 Å². The molecule has 0 aliphatic rings. The van der Waals surface area contributed by atoms with E-state index < -0.39 is 5.97 Å². The van der Waals surface area contributed by atoms with E-state index in [1.54, 1.807) is 0 Å². The van der Waals surface area contributed by atoms with E-state index >= 15 is 0 Å². The highest BCUT2D eigenvalue weighted by molar-refractivity contribution is 5.69. The summed E-state index contributed by atoms with van der Waals surface area (Å²) in [6, 6.07) is 0.